The number of benzene rings is 2. The van der Waals surface area contributed by atoms with Crippen LogP contribution in [0.3, 0.4) is 0 Å². The summed E-state index contributed by atoms with van der Waals surface area (Å²) in [5.74, 6) is 0.584. The van der Waals surface area contributed by atoms with Crippen molar-refractivity contribution in [2.45, 2.75) is 13.0 Å². The molecule has 170 valence electrons. The van der Waals surface area contributed by atoms with Crippen molar-refractivity contribution in [2.75, 3.05) is 21.3 Å². The van der Waals surface area contributed by atoms with Gasteiger partial charge in [-0.05, 0) is 42.3 Å². The predicted molar refractivity (Wildman–Crippen MR) is 127 cm³/mol. The van der Waals surface area contributed by atoms with Gasteiger partial charge in [0, 0.05) is 5.02 Å². The fourth-order valence-corrected chi connectivity index (χ4v) is 5.06. The smallest absolute Gasteiger partial charge is 0.338 e. The van der Waals surface area contributed by atoms with Crippen molar-refractivity contribution < 1.29 is 19.0 Å². The van der Waals surface area contributed by atoms with Crippen LogP contribution in [0.2, 0.25) is 5.02 Å². The molecule has 0 N–H and O–H groups in total. The lowest BCUT2D eigenvalue weighted by Crippen LogP contribution is -2.39. The summed E-state index contributed by atoms with van der Waals surface area (Å²) in [5, 5.41) is 0.438. The number of hydrogen-bond acceptors (Lipinski definition) is 7. The molecule has 7 nitrogen and oxygen atoms in total. The van der Waals surface area contributed by atoms with Crippen molar-refractivity contribution in [3.8, 4) is 11.5 Å². The van der Waals surface area contributed by atoms with Gasteiger partial charge in [0.25, 0.3) is 5.56 Å². The number of allylic oxidation sites excluding steroid dienone is 1. The largest absolute Gasteiger partial charge is 0.493 e. The quantitative estimate of drug-likeness (QED) is 0.520. The molecule has 0 bridgehead atoms. The summed E-state index contributed by atoms with van der Waals surface area (Å²) in [6, 6.07) is 11.7. The molecule has 1 aliphatic heterocycles. The number of carbonyl (C=O) groups excluding carboxylic acids is 1. The van der Waals surface area contributed by atoms with Gasteiger partial charge in [0.1, 0.15) is 6.04 Å². The van der Waals surface area contributed by atoms with E-state index in [0.717, 1.165) is 5.56 Å². The third-order valence-corrected chi connectivity index (χ3v) is 6.66. The van der Waals surface area contributed by atoms with Gasteiger partial charge < -0.3 is 14.2 Å². The van der Waals surface area contributed by atoms with Gasteiger partial charge in [-0.3, -0.25) is 9.36 Å². The van der Waals surface area contributed by atoms with Gasteiger partial charge >= 0.3 is 5.97 Å². The van der Waals surface area contributed by atoms with Gasteiger partial charge in [0.05, 0.1) is 37.1 Å². The minimum absolute atomic E-state index is 0.274. The lowest BCUT2D eigenvalue weighted by molar-refractivity contribution is -0.136. The number of thiazole rings is 1. The Labute approximate surface area is 198 Å². The van der Waals surface area contributed by atoms with Crippen LogP contribution < -0.4 is 24.4 Å². The number of aromatic nitrogens is 1. The molecule has 0 radical (unpaired) electrons. The molecule has 4 rings (SSSR count). The Morgan fingerprint density at radius 2 is 1.85 bits per heavy atom. The van der Waals surface area contributed by atoms with Crippen molar-refractivity contribution in [1.82, 2.24) is 4.57 Å². The van der Waals surface area contributed by atoms with Crippen molar-refractivity contribution >= 4 is 35.0 Å². The van der Waals surface area contributed by atoms with Crippen LogP contribution in [-0.2, 0) is 9.53 Å². The van der Waals surface area contributed by atoms with E-state index in [4.69, 9.17) is 25.8 Å². The summed E-state index contributed by atoms with van der Waals surface area (Å²) in [6.45, 7) is 1.72. The lowest BCUT2D eigenvalue weighted by Gasteiger charge is -2.25. The van der Waals surface area contributed by atoms with Crippen LogP contribution in [0.5, 0.6) is 11.5 Å². The van der Waals surface area contributed by atoms with Gasteiger partial charge in [-0.1, -0.05) is 47.2 Å². The zero-order chi connectivity index (χ0) is 23.7. The number of hydrogen-bond donors (Lipinski definition) is 0. The maximum Gasteiger partial charge on any atom is 0.338 e. The predicted octanol–water partition coefficient (Wildman–Crippen LogP) is 3.08. The highest BCUT2D eigenvalue weighted by atomic mass is 35.5. The maximum atomic E-state index is 13.6. The second-order valence-electron chi connectivity index (χ2n) is 7.21. The second kappa shape index (κ2) is 9.25. The molecule has 9 heteroatoms. The monoisotopic (exact) mass is 484 g/mol. The van der Waals surface area contributed by atoms with Crippen LogP contribution >= 0.6 is 22.9 Å². The second-order valence-corrected chi connectivity index (χ2v) is 8.63. The number of fused-ring (bicyclic) bond motifs is 1. The Morgan fingerprint density at radius 1 is 1.12 bits per heavy atom. The normalized spacial score (nSPS) is 15.7. The minimum atomic E-state index is -0.755. The molecule has 0 saturated carbocycles. The van der Waals surface area contributed by atoms with Crippen molar-refractivity contribution in [3.05, 3.63) is 89.6 Å². The Balaban J connectivity index is 1.96. The first-order valence-corrected chi connectivity index (χ1v) is 11.2. The average Bonchev–Trinajstić information content (AvgIpc) is 3.12. The lowest BCUT2D eigenvalue weighted by atomic mass is 9.96. The molecular weight excluding hydrogens is 464 g/mol. The number of nitrogens with zero attached hydrogens (tertiary/aromatic N) is 2. The molecule has 1 aliphatic rings. The highest BCUT2D eigenvalue weighted by Gasteiger charge is 2.34. The fourth-order valence-electron chi connectivity index (χ4n) is 3.78. The van der Waals surface area contributed by atoms with E-state index in [1.54, 1.807) is 57.6 Å². The summed E-state index contributed by atoms with van der Waals surface area (Å²) >= 11 is 7.72. The number of methoxy groups -OCH3 is 3. The summed E-state index contributed by atoms with van der Waals surface area (Å²) in [6.07, 6.45) is 1.76. The molecule has 2 aromatic carbocycles. The van der Waals surface area contributed by atoms with Crippen LogP contribution in [-0.4, -0.2) is 31.9 Å². The topological polar surface area (TPSA) is 79.1 Å². The number of halogens is 1. The average molecular weight is 485 g/mol. The van der Waals surface area contributed by atoms with E-state index in [9.17, 15) is 9.59 Å². The van der Waals surface area contributed by atoms with Crippen LogP contribution in [0.1, 0.15) is 24.1 Å². The number of rotatable bonds is 5. The number of ether oxygens (including phenoxy) is 3. The van der Waals surface area contributed by atoms with Gasteiger partial charge in [-0.15, -0.1) is 0 Å². The molecule has 3 aromatic rings. The zero-order valence-corrected chi connectivity index (χ0v) is 20.0. The first kappa shape index (κ1) is 22.8. The van der Waals surface area contributed by atoms with Crippen LogP contribution in [0.4, 0.5) is 0 Å². The first-order valence-electron chi connectivity index (χ1n) is 9.97. The SMILES string of the molecule is COC(=O)C1=C(C)N=c2s/c(=C/c3ccc(OC)c(OC)c3)c(=O)n2[C@@H]1c1ccccc1Cl. The highest BCUT2D eigenvalue weighted by Crippen LogP contribution is 2.34. The van der Waals surface area contributed by atoms with Crippen LogP contribution in [0, 0.1) is 0 Å². The van der Waals surface area contributed by atoms with Crippen LogP contribution in [0.15, 0.2) is 63.5 Å². The molecule has 0 spiro atoms. The van der Waals surface area contributed by atoms with E-state index in [-0.39, 0.29) is 11.1 Å². The molecule has 1 aromatic heterocycles. The van der Waals surface area contributed by atoms with Gasteiger partial charge in [0.15, 0.2) is 16.3 Å². The van der Waals surface area contributed by atoms with E-state index in [1.807, 2.05) is 12.1 Å². The van der Waals surface area contributed by atoms with Crippen molar-refractivity contribution in [2.24, 2.45) is 4.99 Å². The minimum Gasteiger partial charge on any atom is -0.493 e. The Morgan fingerprint density at radius 3 is 2.52 bits per heavy atom. The third kappa shape index (κ3) is 4.07. The van der Waals surface area contributed by atoms with E-state index in [2.05, 4.69) is 4.99 Å². The Kier molecular flexibility index (Phi) is 6.40. The standard InChI is InChI=1S/C24H21ClN2O5S/c1-13-20(23(29)32-4)21(15-7-5-6-8-16(15)25)27-22(28)19(33-24(27)26-13)12-14-9-10-17(30-2)18(11-14)31-3/h5-12,21H,1-4H3/b19-12+/t21-/m1/s1. The van der Waals surface area contributed by atoms with Crippen LogP contribution in [0.25, 0.3) is 6.08 Å². The van der Waals surface area contributed by atoms with E-state index < -0.39 is 12.0 Å². The molecule has 0 aliphatic carbocycles. The van der Waals surface area contributed by atoms with Crippen molar-refractivity contribution in [3.63, 3.8) is 0 Å². The Bertz CT molecular complexity index is 1450. The van der Waals surface area contributed by atoms with E-state index in [1.165, 1.54) is 23.0 Å². The van der Waals surface area contributed by atoms with E-state index >= 15 is 0 Å². The summed E-state index contributed by atoms with van der Waals surface area (Å²) in [5.41, 5.74) is 1.84. The van der Waals surface area contributed by atoms with Gasteiger partial charge in [0.2, 0.25) is 0 Å². The molecule has 0 unspecified atom stereocenters. The summed E-state index contributed by atoms with van der Waals surface area (Å²) in [4.78, 5) is 31.3. The Hall–Kier alpha value is -3.36. The molecule has 33 heavy (non-hydrogen) atoms. The third-order valence-electron chi connectivity index (χ3n) is 5.33. The molecule has 1 atom stereocenters. The molecule has 0 saturated heterocycles. The van der Waals surface area contributed by atoms with Gasteiger partial charge in [-0.2, -0.15) is 0 Å². The van der Waals surface area contributed by atoms with Gasteiger partial charge in [-0.25, -0.2) is 9.79 Å². The fraction of sp³-hybridized carbons (Fsp3) is 0.208. The van der Waals surface area contributed by atoms with E-state index in [0.29, 0.717) is 37.1 Å². The first-order chi connectivity index (χ1) is 15.9. The molecule has 2 heterocycles. The maximum absolute atomic E-state index is 13.6. The summed E-state index contributed by atoms with van der Waals surface area (Å²) < 4.78 is 17.6. The van der Waals surface area contributed by atoms with Crippen molar-refractivity contribution in [1.29, 1.82) is 0 Å². The molecular formula is C24H21ClN2O5S. The zero-order valence-electron chi connectivity index (χ0n) is 18.4. The summed E-state index contributed by atoms with van der Waals surface area (Å²) in [7, 11) is 4.41. The molecule has 0 fully saturated rings. The number of esters is 1. The highest BCUT2D eigenvalue weighted by molar-refractivity contribution is 7.07. The molecule has 0 amide bonds. The number of carbonyl (C=O) groups is 1.